The SMILES string of the molecule is c1cc2nc(NCCNC3CC3)ccn2n1. The van der Waals surface area contributed by atoms with Gasteiger partial charge in [0.25, 0.3) is 0 Å². The molecule has 5 nitrogen and oxygen atoms in total. The fourth-order valence-electron chi connectivity index (χ4n) is 1.67. The Morgan fingerprint density at radius 1 is 1.31 bits per heavy atom. The highest BCUT2D eigenvalue weighted by molar-refractivity contribution is 5.45. The molecule has 0 radical (unpaired) electrons. The molecule has 1 aliphatic rings. The minimum atomic E-state index is 0.770. The average Bonchev–Trinajstić information content (AvgIpc) is 3.01. The Kier molecular flexibility index (Phi) is 2.46. The van der Waals surface area contributed by atoms with Gasteiger partial charge < -0.3 is 10.6 Å². The number of aromatic nitrogens is 3. The van der Waals surface area contributed by atoms with E-state index >= 15 is 0 Å². The van der Waals surface area contributed by atoms with Crippen LogP contribution < -0.4 is 10.6 Å². The summed E-state index contributed by atoms with van der Waals surface area (Å²) in [6.45, 7) is 1.91. The Labute approximate surface area is 93.9 Å². The normalized spacial score (nSPS) is 15.5. The molecule has 1 aliphatic carbocycles. The smallest absolute Gasteiger partial charge is 0.157 e. The summed E-state index contributed by atoms with van der Waals surface area (Å²) in [6, 6.07) is 4.61. The van der Waals surface area contributed by atoms with Crippen LogP contribution in [0.15, 0.2) is 24.5 Å². The van der Waals surface area contributed by atoms with Gasteiger partial charge in [-0.15, -0.1) is 0 Å². The van der Waals surface area contributed by atoms with E-state index in [4.69, 9.17) is 0 Å². The van der Waals surface area contributed by atoms with Crippen molar-refractivity contribution in [3.05, 3.63) is 24.5 Å². The summed E-state index contributed by atoms with van der Waals surface area (Å²) in [4.78, 5) is 4.43. The van der Waals surface area contributed by atoms with Crippen molar-refractivity contribution in [2.24, 2.45) is 0 Å². The van der Waals surface area contributed by atoms with Crippen LogP contribution in [0.1, 0.15) is 12.8 Å². The quantitative estimate of drug-likeness (QED) is 0.730. The molecule has 2 N–H and O–H groups in total. The molecule has 0 aromatic carbocycles. The summed E-state index contributed by atoms with van der Waals surface area (Å²) < 4.78 is 1.76. The topological polar surface area (TPSA) is 54.2 Å². The van der Waals surface area contributed by atoms with E-state index in [1.54, 1.807) is 10.7 Å². The Balaban J connectivity index is 1.55. The molecule has 1 fully saturated rings. The van der Waals surface area contributed by atoms with Crippen LogP contribution in [0.5, 0.6) is 0 Å². The van der Waals surface area contributed by atoms with Crippen molar-refractivity contribution in [1.29, 1.82) is 0 Å². The van der Waals surface area contributed by atoms with Gasteiger partial charge in [-0.05, 0) is 18.9 Å². The third kappa shape index (κ3) is 2.14. The molecule has 2 aromatic rings. The van der Waals surface area contributed by atoms with E-state index in [1.165, 1.54) is 12.8 Å². The molecule has 16 heavy (non-hydrogen) atoms. The maximum atomic E-state index is 4.43. The maximum Gasteiger partial charge on any atom is 0.157 e. The summed E-state index contributed by atoms with van der Waals surface area (Å²) in [5.41, 5.74) is 0.875. The molecule has 0 atom stereocenters. The number of anilines is 1. The molecule has 84 valence electrons. The zero-order chi connectivity index (χ0) is 10.8. The molecule has 0 amide bonds. The highest BCUT2D eigenvalue weighted by atomic mass is 15.2. The highest BCUT2D eigenvalue weighted by Crippen LogP contribution is 2.17. The van der Waals surface area contributed by atoms with Crippen LogP contribution in [0.4, 0.5) is 5.82 Å². The first kappa shape index (κ1) is 9.59. The van der Waals surface area contributed by atoms with E-state index in [-0.39, 0.29) is 0 Å². The standard InChI is InChI=1S/C11H15N5/c1-2-9(1)12-6-7-13-10-4-8-16-11(15-10)3-5-14-16/h3-5,8-9,12H,1-2,6-7H2,(H,13,15). The first-order chi connectivity index (χ1) is 7.92. The molecular weight excluding hydrogens is 202 g/mol. The van der Waals surface area contributed by atoms with Gasteiger partial charge in [0, 0.05) is 31.4 Å². The van der Waals surface area contributed by atoms with Crippen LogP contribution >= 0.6 is 0 Å². The summed E-state index contributed by atoms with van der Waals surface area (Å²) in [5, 5.41) is 10.8. The lowest BCUT2D eigenvalue weighted by atomic mass is 10.5. The van der Waals surface area contributed by atoms with Crippen molar-refractivity contribution in [1.82, 2.24) is 19.9 Å². The van der Waals surface area contributed by atoms with Gasteiger partial charge in [-0.1, -0.05) is 0 Å². The number of rotatable bonds is 5. The van der Waals surface area contributed by atoms with Crippen molar-refractivity contribution < 1.29 is 0 Å². The second kappa shape index (κ2) is 4.09. The second-order valence-electron chi connectivity index (χ2n) is 4.10. The van der Waals surface area contributed by atoms with Gasteiger partial charge in [0.15, 0.2) is 5.65 Å². The summed E-state index contributed by atoms with van der Waals surface area (Å²) in [7, 11) is 0. The molecule has 2 aromatic heterocycles. The van der Waals surface area contributed by atoms with E-state index in [0.29, 0.717) is 0 Å². The molecule has 2 heterocycles. The maximum absolute atomic E-state index is 4.43. The van der Waals surface area contributed by atoms with Crippen molar-refractivity contribution in [2.45, 2.75) is 18.9 Å². The van der Waals surface area contributed by atoms with Crippen molar-refractivity contribution in [3.8, 4) is 0 Å². The fraction of sp³-hybridized carbons (Fsp3) is 0.455. The minimum Gasteiger partial charge on any atom is -0.369 e. The predicted molar refractivity (Wildman–Crippen MR) is 62.5 cm³/mol. The first-order valence-electron chi connectivity index (χ1n) is 5.69. The fourth-order valence-corrected chi connectivity index (χ4v) is 1.67. The zero-order valence-corrected chi connectivity index (χ0v) is 9.06. The third-order valence-electron chi connectivity index (χ3n) is 2.70. The number of hydrogen-bond acceptors (Lipinski definition) is 4. The number of hydrogen-bond donors (Lipinski definition) is 2. The largest absolute Gasteiger partial charge is 0.369 e. The molecule has 0 aliphatic heterocycles. The van der Waals surface area contributed by atoms with Crippen LogP contribution in [0.2, 0.25) is 0 Å². The van der Waals surface area contributed by atoms with Gasteiger partial charge in [-0.25, -0.2) is 9.50 Å². The predicted octanol–water partition coefficient (Wildman–Crippen LogP) is 0.893. The van der Waals surface area contributed by atoms with Crippen LogP contribution in [-0.4, -0.2) is 33.7 Å². The molecule has 0 spiro atoms. The zero-order valence-electron chi connectivity index (χ0n) is 9.06. The van der Waals surface area contributed by atoms with Gasteiger partial charge in [-0.2, -0.15) is 5.10 Å². The lowest BCUT2D eigenvalue weighted by molar-refractivity contribution is 0.700. The van der Waals surface area contributed by atoms with Crippen molar-refractivity contribution in [2.75, 3.05) is 18.4 Å². The molecule has 0 bridgehead atoms. The van der Waals surface area contributed by atoms with E-state index in [2.05, 4.69) is 20.7 Å². The van der Waals surface area contributed by atoms with E-state index in [1.807, 2.05) is 18.3 Å². The number of nitrogens with zero attached hydrogens (tertiary/aromatic N) is 3. The van der Waals surface area contributed by atoms with Crippen molar-refractivity contribution in [3.63, 3.8) is 0 Å². The Bertz CT molecular complexity index is 474. The van der Waals surface area contributed by atoms with Gasteiger partial charge >= 0.3 is 0 Å². The lowest BCUT2D eigenvalue weighted by Gasteiger charge is -2.06. The van der Waals surface area contributed by atoms with Gasteiger partial charge in [0.1, 0.15) is 5.82 Å². The molecule has 5 heteroatoms. The molecular formula is C11H15N5. The summed E-state index contributed by atoms with van der Waals surface area (Å²) in [6.07, 6.45) is 6.33. The minimum absolute atomic E-state index is 0.770. The van der Waals surface area contributed by atoms with Gasteiger partial charge in [0.2, 0.25) is 0 Å². The molecule has 3 rings (SSSR count). The van der Waals surface area contributed by atoms with Crippen LogP contribution in [0, 0.1) is 0 Å². The third-order valence-corrected chi connectivity index (χ3v) is 2.70. The monoisotopic (exact) mass is 217 g/mol. The highest BCUT2D eigenvalue weighted by Gasteiger charge is 2.19. The second-order valence-corrected chi connectivity index (χ2v) is 4.10. The molecule has 1 saturated carbocycles. The summed E-state index contributed by atoms with van der Waals surface area (Å²) in [5.74, 6) is 0.908. The van der Waals surface area contributed by atoms with Crippen LogP contribution in [-0.2, 0) is 0 Å². The van der Waals surface area contributed by atoms with E-state index in [0.717, 1.165) is 30.6 Å². The van der Waals surface area contributed by atoms with Crippen molar-refractivity contribution >= 4 is 11.5 Å². The Morgan fingerprint density at radius 3 is 3.12 bits per heavy atom. The van der Waals surface area contributed by atoms with Crippen LogP contribution in [0.25, 0.3) is 5.65 Å². The van der Waals surface area contributed by atoms with Crippen LogP contribution in [0.3, 0.4) is 0 Å². The Morgan fingerprint density at radius 2 is 2.25 bits per heavy atom. The summed E-state index contributed by atoms with van der Waals surface area (Å²) >= 11 is 0. The molecule has 0 unspecified atom stereocenters. The first-order valence-corrected chi connectivity index (χ1v) is 5.69. The average molecular weight is 217 g/mol. The molecule has 0 saturated heterocycles. The van der Waals surface area contributed by atoms with E-state index < -0.39 is 0 Å². The van der Waals surface area contributed by atoms with Gasteiger partial charge in [0.05, 0.1) is 6.20 Å². The van der Waals surface area contributed by atoms with Gasteiger partial charge in [-0.3, -0.25) is 0 Å². The number of fused-ring (bicyclic) bond motifs is 1. The number of nitrogens with one attached hydrogen (secondary N) is 2. The van der Waals surface area contributed by atoms with E-state index in [9.17, 15) is 0 Å². The lowest BCUT2D eigenvalue weighted by Crippen LogP contribution is -2.24. The Hall–Kier alpha value is -1.62.